The van der Waals surface area contributed by atoms with Crippen LogP contribution >= 0.6 is 0 Å². The van der Waals surface area contributed by atoms with Crippen molar-refractivity contribution in [3.8, 4) is 11.1 Å². The predicted molar refractivity (Wildman–Crippen MR) is 159 cm³/mol. The molecule has 0 atom stereocenters. The minimum atomic E-state index is 0.209. The molecule has 1 aliphatic rings. The fourth-order valence-electron chi connectivity index (χ4n) is 5.92. The lowest BCUT2D eigenvalue weighted by Gasteiger charge is -2.42. The van der Waals surface area contributed by atoms with Gasteiger partial charge in [-0.1, -0.05) is 100 Å². The second-order valence-corrected chi connectivity index (χ2v) is 11.8. The highest BCUT2D eigenvalue weighted by Crippen LogP contribution is 2.47. The molecule has 0 amide bonds. The Morgan fingerprint density at radius 1 is 0.459 bits per heavy atom. The average Bonchev–Trinajstić information content (AvgIpc) is 2.92. The average molecular weight is 482 g/mol. The van der Waals surface area contributed by atoms with Crippen molar-refractivity contribution in [2.75, 3.05) is 4.90 Å². The quantitative estimate of drug-likeness (QED) is 0.247. The third kappa shape index (κ3) is 4.33. The summed E-state index contributed by atoms with van der Waals surface area (Å²) in [6, 6.07) is 42.0. The number of benzene rings is 5. The van der Waals surface area contributed by atoms with E-state index in [1.165, 1.54) is 45.9 Å². The van der Waals surface area contributed by atoms with E-state index in [9.17, 15) is 0 Å². The van der Waals surface area contributed by atoms with E-state index in [2.05, 4.69) is 148 Å². The molecule has 0 aromatic heterocycles. The SMILES string of the molecule is CC1(C)CCC(C)(C)c2cc3cc(-c4cccc(N(c5ccccc5)c5ccccc5)c4)ccc3cc21. The van der Waals surface area contributed by atoms with Gasteiger partial charge in [-0.3, -0.25) is 0 Å². The molecule has 184 valence electrons. The minimum Gasteiger partial charge on any atom is -0.310 e. The highest BCUT2D eigenvalue weighted by Gasteiger charge is 2.37. The summed E-state index contributed by atoms with van der Waals surface area (Å²) < 4.78 is 0. The molecule has 0 fully saturated rings. The summed E-state index contributed by atoms with van der Waals surface area (Å²) in [7, 11) is 0. The van der Waals surface area contributed by atoms with Crippen molar-refractivity contribution in [3.05, 3.63) is 126 Å². The lowest BCUT2D eigenvalue weighted by atomic mass is 9.63. The van der Waals surface area contributed by atoms with Crippen molar-refractivity contribution in [2.24, 2.45) is 0 Å². The summed E-state index contributed by atoms with van der Waals surface area (Å²) in [5, 5.41) is 2.66. The van der Waals surface area contributed by atoms with Crippen molar-refractivity contribution in [1.82, 2.24) is 0 Å². The molecule has 0 heterocycles. The molecule has 0 N–H and O–H groups in total. The Morgan fingerprint density at radius 3 is 1.57 bits per heavy atom. The van der Waals surface area contributed by atoms with E-state index >= 15 is 0 Å². The van der Waals surface area contributed by atoms with E-state index in [1.54, 1.807) is 0 Å². The van der Waals surface area contributed by atoms with Crippen molar-refractivity contribution >= 4 is 27.8 Å². The van der Waals surface area contributed by atoms with Crippen LogP contribution in [0.2, 0.25) is 0 Å². The first-order valence-electron chi connectivity index (χ1n) is 13.4. The zero-order valence-electron chi connectivity index (χ0n) is 22.3. The van der Waals surface area contributed by atoms with Crippen LogP contribution in [0.3, 0.4) is 0 Å². The number of hydrogen-bond acceptors (Lipinski definition) is 1. The number of hydrogen-bond donors (Lipinski definition) is 0. The molecule has 1 nitrogen and oxygen atoms in total. The van der Waals surface area contributed by atoms with E-state index in [1.807, 2.05) is 0 Å². The third-order valence-corrected chi connectivity index (χ3v) is 8.28. The van der Waals surface area contributed by atoms with Crippen LogP contribution in [0, 0.1) is 0 Å². The highest BCUT2D eigenvalue weighted by molar-refractivity contribution is 5.90. The largest absolute Gasteiger partial charge is 0.310 e. The third-order valence-electron chi connectivity index (χ3n) is 8.28. The van der Waals surface area contributed by atoms with Gasteiger partial charge in [0.05, 0.1) is 0 Å². The fourth-order valence-corrected chi connectivity index (χ4v) is 5.92. The molecule has 6 rings (SSSR count). The molecule has 5 aromatic rings. The topological polar surface area (TPSA) is 3.24 Å². The van der Waals surface area contributed by atoms with Gasteiger partial charge >= 0.3 is 0 Å². The van der Waals surface area contributed by atoms with Gasteiger partial charge in [-0.15, -0.1) is 0 Å². The molecule has 1 heteroatoms. The predicted octanol–water partition coefficient (Wildman–Crippen LogP) is 10.3. The Balaban J connectivity index is 1.45. The highest BCUT2D eigenvalue weighted by atomic mass is 15.1. The molecule has 37 heavy (non-hydrogen) atoms. The Hall–Kier alpha value is -3.84. The Kier molecular flexibility index (Phi) is 5.68. The van der Waals surface area contributed by atoms with Crippen LogP contribution in [0.5, 0.6) is 0 Å². The summed E-state index contributed by atoms with van der Waals surface area (Å²) in [5.74, 6) is 0. The van der Waals surface area contributed by atoms with Crippen molar-refractivity contribution in [2.45, 2.75) is 51.4 Å². The zero-order valence-corrected chi connectivity index (χ0v) is 22.3. The monoisotopic (exact) mass is 481 g/mol. The Morgan fingerprint density at radius 2 is 0.973 bits per heavy atom. The summed E-state index contributed by atoms with van der Waals surface area (Å²) >= 11 is 0. The first-order valence-corrected chi connectivity index (χ1v) is 13.4. The number of rotatable bonds is 4. The molecule has 0 spiro atoms. The molecule has 0 bridgehead atoms. The van der Waals surface area contributed by atoms with Crippen LogP contribution in [0.15, 0.2) is 115 Å². The maximum atomic E-state index is 2.47. The molecule has 0 saturated carbocycles. The molecule has 0 saturated heterocycles. The van der Waals surface area contributed by atoms with Gasteiger partial charge < -0.3 is 4.90 Å². The van der Waals surface area contributed by atoms with Crippen LogP contribution in [0.1, 0.15) is 51.7 Å². The van der Waals surface area contributed by atoms with Gasteiger partial charge in [-0.25, -0.2) is 0 Å². The lowest BCUT2D eigenvalue weighted by Crippen LogP contribution is -2.33. The van der Waals surface area contributed by atoms with Gasteiger partial charge in [0.25, 0.3) is 0 Å². The number of para-hydroxylation sites is 2. The first-order chi connectivity index (χ1) is 17.8. The van der Waals surface area contributed by atoms with Gasteiger partial charge in [0.2, 0.25) is 0 Å². The smallest absolute Gasteiger partial charge is 0.0467 e. The van der Waals surface area contributed by atoms with Crippen molar-refractivity contribution in [3.63, 3.8) is 0 Å². The van der Waals surface area contributed by atoms with Crippen LogP contribution in [0.25, 0.3) is 21.9 Å². The maximum Gasteiger partial charge on any atom is 0.0467 e. The second-order valence-electron chi connectivity index (χ2n) is 11.8. The molecule has 5 aromatic carbocycles. The number of fused-ring (bicyclic) bond motifs is 2. The first kappa shape index (κ1) is 23.6. The second kappa shape index (κ2) is 8.92. The number of nitrogens with zero attached hydrogens (tertiary/aromatic N) is 1. The van der Waals surface area contributed by atoms with Crippen molar-refractivity contribution in [1.29, 1.82) is 0 Å². The van der Waals surface area contributed by atoms with Gasteiger partial charge in [0.15, 0.2) is 0 Å². The van der Waals surface area contributed by atoms with E-state index in [0.29, 0.717) is 0 Å². The number of anilines is 3. The standard InChI is InChI=1S/C36H35N/c1-35(2)20-21-36(3,4)34-25-29-22-27(18-19-28(29)24-33(34)35)26-12-11-17-32(23-26)37(30-13-7-5-8-14-30)31-15-9-6-10-16-31/h5-19,22-25H,20-21H2,1-4H3. The van der Waals surface area contributed by atoms with Crippen LogP contribution in [-0.2, 0) is 10.8 Å². The maximum absolute atomic E-state index is 2.47. The molecular weight excluding hydrogens is 446 g/mol. The van der Waals surface area contributed by atoms with Gasteiger partial charge in [-0.05, 0) is 99.2 Å². The molecule has 0 radical (unpaired) electrons. The Labute approximate surface area is 221 Å². The van der Waals surface area contributed by atoms with Crippen LogP contribution < -0.4 is 4.90 Å². The van der Waals surface area contributed by atoms with E-state index in [0.717, 1.165) is 17.1 Å². The normalized spacial score (nSPS) is 15.8. The molecular formula is C36H35N. The lowest BCUT2D eigenvalue weighted by molar-refractivity contribution is 0.332. The fraction of sp³-hybridized carbons (Fsp3) is 0.222. The summed E-state index contributed by atoms with van der Waals surface area (Å²) in [6.45, 7) is 9.61. The zero-order chi connectivity index (χ0) is 25.6. The van der Waals surface area contributed by atoms with Crippen LogP contribution in [0.4, 0.5) is 17.1 Å². The minimum absolute atomic E-state index is 0.209. The van der Waals surface area contributed by atoms with E-state index < -0.39 is 0 Å². The molecule has 1 aliphatic carbocycles. The van der Waals surface area contributed by atoms with E-state index in [4.69, 9.17) is 0 Å². The summed E-state index contributed by atoms with van der Waals surface area (Å²) in [6.07, 6.45) is 2.47. The van der Waals surface area contributed by atoms with Gasteiger partial charge in [0, 0.05) is 17.1 Å². The van der Waals surface area contributed by atoms with Gasteiger partial charge in [0.1, 0.15) is 0 Å². The molecule has 0 aliphatic heterocycles. The van der Waals surface area contributed by atoms with E-state index in [-0.39, 0.29) is 10.8 Å². The summed E-state index contributed by atoms with van der Waals surface area (Å²) in [4.78, 5) is 2.32. The van der Waals surface area contributed by atoms with Crippen molar-refractivity contribution < 1.29 is 0 Å². The van der Waals surface area contributed by atoms with Gasteiger partial charge in [-0.2, -0.15) is 0 Å². The molecule has 0 unspecified atom stereocenters. The summed E-state index contributed by atoms with van der Waals surface area (Å²) in [5.41, 5.74) is 9.42. The Bertz CT molecular complexity index is 1520. The van der Waals surface area contributed by atoms with Crippen LogP contribution in [-0.4, -0.2) is 0 Å².